The Morgan fingerprint density at radius 3 is 2.33 bits per heavy atom. The minimum absolute atomic E-state index is 0.159. The summed E-state index contributed by atoms with van der Waals surface area (Å²) >= 11 is 0. The maximum atomic E-state index is 11.7. The van der Waals surface area contributed by atoms with Gasteiger partial charge in [0.1, 0.15) is 6.54 Å². The fourth-order valence-electron chi connectivity index (χ4n) is 1.20. The van der Waals surface area contributed by atoms with Crippen molar-refractivity contribution in [2.45, 2.75) is 19.4 Å². The van der Waals surface area contributed by atoms with Gasteiger partial charge >= 0.3 is 12.0 Å². The highest BCUT2D eigenvalue weighted by Crippen LogP contribution is 1.95. The van der Waals surface area contributed by atoms with Crippen molar-refractivity contribution < 1.29 is 24.6 Å². The highest BCUT2D eigenvalue weighted by Gasteiger charge is 2.23. The van der Waals surface area contributed by atoms with Crippen molar-refractivity contribution in [3.63, 3.8) is 0 Å². The summed E-state index contributed by atoms with van der Waals surface area (Å²) in [5, 5.41) is 22.0. The van der Waals surface area contributed by atoms with Gasteiger partial charge in [-0.1, -0.05) is 6.92 Å². The third kappa shape index (κ3) is 5.48. The van der Waals surface area contributed by atoms with Crippen LogP contribution in [0.5, 0.6) is 0 Å². The third-order valence-electron chi connectivity index (χ3n) is 2.17. The molecular formula is C10H19N3O5. The Hall–Kier alpha value is -1.83. The van der Waals surface area contributed by atoms with Gasteiger partial charge in [-0.25, -0.2) is 9.59 Å². The van der Waals surface area contributed by atoms with Crippen LogP contribution in [0, 0.1) is 0 Å². The molecular weight excluding hydrogens is 242 g/mol. The van der Waals surface area contributed by atoms with Crippen LogP contribution in [0.3, 0.4) is 0 Å². The van der Waals surface area contributed by atoms with E-state index in [2.05, 4.69) is 10.6 Å². The van der Waals surface area contributed by atoms with E-state index in [4.69, 9.17) is 10.2 Å². The van der Waals surface area contributed by atoms with E-state index < -0.39 is 24.6 Å². The van der Waals surface area contributed by atoms with Crippen molar-refractivity contribution in [3.8, 4) is 0 Å². The van der Waals surface area contributed by atoms with Gasteiger partial charge in [-0.15, -0.1) is 0 Å². The Kier molecular flexibility index (Phi) is 7.45. The lowest BCUT2D eigenvalue weighted by atomic mass is 10.3. The molecule has 8 nitrogen and oxygen atoms in total. The summed E-state index contributed by atoms with van der Waals surface area (Å²) in [4.78, 5) is 34.7. The molecule has 0 heterocycles. The van der Waals surface area contributed by atoms with Gasteiger partial charge in [-0.05, 0) is 6.42 Å². The van der Waals surface area contributed by atoms with E-state index in [1.165, 1.54) is 11.9 Å². The number of carboxylic acid groups (broad SMARTS) is 1. The Balaban J connectivity index is 4.55. The predicted molar refractivity (Wildman–Crippen MR) is 63.0 cm³/mol. The van der Waals surface area contributed by atoms with Gasteiger partial charge in [0.25, 0.3) is 0 Å². The van der Waals surface area contributed by atoms with Crippen LogP contribution in [0.1, 0.15) is 13.3 Å². The molecule has 18 heavy (non-hydrogen) atoms. The van der Waals surface area contributed by atoms with Gasteiger partial charge in [0.05, 0.1) is 6.61 Å². The zero-order valence-electron chi connectivity index (χ0n) is 10.5. The largest absolute Gasteiger partial charge is 0.480 e. The molecule has 1 atom stereocenters. The van der Waals surface area contributed by atoms with Crippen LogP contribution in [0.2, 0.25) is 0 Å². The molecule has 0 saturated heterocycles. The molecule has 0 bridgehead atoms. The molecule has 0 spiro atoms. The monoisotopic (exact) mass is 261 g/mol. The fraction of sp³-hybridized carbons (Fsp3) is 0.700. The van der Waals surface area contributed by atoms with Crippen LogP contribution in [0.15, 0.2) is 0 Å². The first-order valence-corrected chi connectivity index (χ1v) is 5.55. The van der Waals surface area contributed by atoms with Crippen LogP contribution in [0.4, 0.5) is 4.79 Å². The van der Waals surface area contributed by atoms with E-state index in [1.807, 2.05) is 6.92 Å². The van der Waals surface area contributed by atoms with Crippen molar-refractivity contribution >= 4 is 17.9 Å². The topological polar surface area (TPSA) is 119 Å². The molecule has 0 aliphatic carbocycles. The second-order valence-electron chi connectivity index (χ2n) is 3.62. The summed E-state index contributed by atoms with van der Waals surface area (Å²) in [6.07, 6.45) is 0.626. The van der Waals surface area contributed by atoms with Gasteiger partial charge in [0.2, 0.25) is 5.91 Å². The Bertz CT molecular complexity index is 308. The summed E-state index contributed by atoms with van der Waals surface area (Å²) < 4.78 is 0. The molecule has 0 aromatic carbocycles. The number of nitrogens with one attached hydrogen (secondary N) is 2. The lowest BCUT2D eigenvalue weighted by Gasteiger charge is -2.23. The fourth-order valence-corrected chi connectivity index (χ4v) is 1.20. The first-order chi connectivity index (χ1) is 8.46. The second-order valence-corrected chi connectivity index (χ2v) is 3.62. The molecule has 0 aromatic heterocycles. The molecule has 0 fully saturated rings. The zero-order valence-corrected chi connectivity index (χ0v) is 10.5. The minimum atomic E-state index is -1.37. The zero-order chi connectivity index (χ0) is 14.1. The summed E-state index contributed by atoms with van der Waals surface area (Å²) in [6.45, 7) is 1.27. The van der Waals surface area contributed by atoms with E-state index in [1.54, 1.807) is 0 Å². The molecule has 0 radical (unpaired) electrons. The Labute approximate surface area is 105 Å². The van der Waals surface area contributed by atoms with Crippen molar-refractivity contribution in [2.75, 3.05) is 26.7 Å². The summed E-state index contributed by atoms with van der Waals surface area (Å²) in [5.74, 6) is -1.68. The molecule has 0 unspecified atom stereocenters. The van der Waals surface area contributed by atoms with Crippen LogP contribution in [0.25, 0.3) is 0 Å². The number of aliphatic hydroxyl groups excluding tert-OH is 1. The van der Waals surface area contributed by atoms with Crippen molar-refractivity contribution in [3.05, 3.63) is 0 Å². The first-order valence-electron chi connectivity index (χ1n) is 5.55. The number of hydrogen-bond donors (Lipinski definition) is 4. The van der Waals surface area contributed by atoms with Crippen LogP contribution < -0.4 is 10.6 Å². The van der Waals surface area contributed by atoms with Crippen molar-refractivity contribution in [1.29, 1.82) is 0 Å². The molecule has 0 aromatic rings. The molecule has 0 rings (SSSR count). The number of nitrogens with zero attached hydrogens (tertiary/aromatic N) is 1. The predicted octanol–water partition coefficient (Wildman–Crippen LogP) is -1.40. The maximum absolute atomic E-state index is 11.7. The number of aliphatic hydroxyl groups is 1. The minimum Gasteiger partial charge on any atom is -0.480 e. The number of hydrogen-bond acceptors (Lipinski definition) is 4. The van der Waals surface area contributed by atoms with Crippen LogP contribution in [-0.4, -0.2) is 65.8 Å². The second kappa shape index (κ2) is 8.29. The van der Waals surface area contributed by atoms with Gasteiger partial charge < -0.3 is 25.7 Å². The SMILES string of the molecule is CCCN(CC(=O)NC)C(=O)N[C@H](CO)C(=O)O. The number of carbonyl (C=O) groups is 3. The number of aliphatic carboxylic acids is 1. The van der Waals surface area contributed by atoms with Crippen LogP contribution in [-0.2, 0) is 9.59 Å². The van der Waals surface area contributed by atoms with E-state index in [0.29, 0.717) is 13.0 Å². The van der Waals surface area contributed by atoms with Gasteiger partial charge in [-0.3, -0.25) is 4.79 Å². The number of likely N-dealkylation sites (N-methyl/N-ethyl adjacent to an activating group) is 1. The molecule has 0 aliphatic rings. The molecule has 104 valence electrons. The highest BCUT2D eigenvalue weighted by atomic mass is 16.4. The number of amides is 3. The smallest absolute Gasteiger partial charge is 0.328 e. The number of urea groups is 1. The van der Waals surface area contributed by atoms with Crippen molar-refractivity contribution in [2.24, 2.45) is 0 Å². The highest BCUT2D eigenvalue weighted by molar-refractivity contribution is 5.86. The average Bonchev–Trinajstić information content (AvgIpc) is 2.34. The van der Waals surface area contributed by atoms with Gasteiger partial charge in [0.15, 0.2) is 6.04 Å². The molecule has 0 saturated carbocycles. The quantitative estimate of drug-likeness (QED) is 0.449. The Morgan fingerprint density at radius 2 is 1.94 bits per heavy atom. The van der Waals surface area contributed by atoms with E-state index in [9.17, 15) is 14.4 Å². The molecule has 3 amide bonds. The van der Waals surface area contributed by atoms with Crippen molar-refractivity contribution in [1.82, 2.24) is 15.5 Å². The summed E-state index contributed by atoms with van der Waals surface area (Å²) in [6, 6.07) is -2.07. The lowest BCUT2D eigenvalue weighted by Crippen LogP contribution is -2.51. The number of carbonyl (C=O) groups excluding carboxylic acids is 2. The summed E-state index contributed by atoms with van der Waals surface area (Å²) in [5.41, 5.74) is 0. The molecule has 0 aliphatic heterocycles. The number of carboxylic acids is 1. The first kappa shape index (κ1) is 16.2. The maximum Gasteiger partial charge on any atom is 0.328 e. The van der Waals surface area contributed by atoms with E-state index in [0.717, 1.165) is 0 Å². The van der Waals surface area contributed by atoms with Gasteiger partial charge in [0, 0.05) is 13.6 Å². The lowest BCUT2D eigenvalue weighted by molar-refractivity contribution is -0.140. The van der Waals surface area contributed by atoms with E-state index in [-0.39, 0.29) is 12.5 Å². The van der Waals surface area contributed by atoms with Crippen LogP contribution >= 0.6 is 0 Å². The molecule has 4 N–H and O–H groups in total. The Morgan fingerprint density at radius 1 is 1.33 bits per heavy atom. The van der Waals surface area contributed by atoms with Gasteiger partial charge in [-0.2, -0.15) is 0 Å². The van der Waals surface area contributed by atoms with E-state index >= 15 is 0 Å². The summed E-state index contributed by atoms with van der Waals surface area (Å²) in [7, 11) is 1.44. The average molecular weight is 261 g/mol. The standard InChI is InChI=1S/C10H19N3O5/c1-3-4-13(5-8(15)11-2)10(18)12-7(6-14)9(16)17/h7,14H,3-6H2,1-2H3,(H,11,15)(H,12,18)(H,16,17)/t7-/m1/s1. The normalized spacial score (nSPS) is 11.5. The molecule has 8 heteroatoms. The third-order valence-corrected chi connectivity index (χ3v) is 2.17. The number of rotatable bonds is 7.